The molecule has 2 rings (SSSR count). The molecule has 0 aromatic carbocycles. The first kappa shape index (κ1) is 12.6. The van der Waals surface area contributed by atoms with Crippen molar-refractivity contribution in [3.05, 3.63) is 12.0 Å². The van der Waals surface area contributed by atoms with Crippen molar-refractivity contribution in [2.24, 2.45) is 0 Å². The van der Waals surface area contributed by atoms with Gasteiger partial charge >= 0.3 is 6.18 Å². The van der Waals surface area contributed by atoms with E-state index in [-0.39, 0.29) is 24.2 Å². The van der Waals surface area contributed by atoms with Crippen LogP contribution in [0, 0.1) is 0 Å². The number of hydrogen-bond donors (Lipinski definition) is 1. The summed E-state index contributed by atoms with van der Waals surface area (Å²) in [5.74, 6) is -2.14. The zero-order valence-corrected chi connectivity index (χ0v) is 9.27. The highest BCUT2D eigenvalue weighted by molar-refractivity contribution is 5.79. The minimum atomic E-state index is -4.72. The second-order valence-electron chi connectivity index (χ2n) is 3.47. The molecule has 0 saturated carbocycles. The molecule has 0 unspecified atom stereocenters. The Morgan fingerprint density at radius 2 is 2.11 bits per heavy atom. The lowest BCUT2D eigenvalue weighted by Crippen LogP contribution is -2.13. The summed E-state index contributed by atoms with van der Waals surface area (Å²) in [6, 6.07) is 0. The summed E-state index contributed by atoms with van der Waals surface area (Å²) >= 11 is 0. The Bertz CT molecular complexity index is 567. The molecule has 2 aromatic heterocycles. The maximum atomic E-state index is 12.5. The number of rotatable bonds is 3. The summed E-state index contributed by atoms with van der Waals surface area (Å²) < 4.78 is 43.5. The molecule has 6 nitrogen and oxygen atoms in total. The normalized spacial score (nSPS) is 12.2. The monoisotopic (exact) mass is 262 g/mol. The summed E-state index contributed by atoms with van der Waals surface area (Å²) in [6.45, 7) is 0.497. The Labute approximate surface area is 99.0 Å². The van der Waals surface area contributed by atoms with E-state index in [4.69, 9.17) is 4.74 Å². The molecular formula is C9H9F3N4O2. The second kappa shape index (κ2) is 4.41. The van der Waals surface area contributed by atoms with E-state index in [0.29, 0.717) is 0 Å². The van der Waals surface area contributed by atoms with Crippen LogP contribution in [0.15, 0.2) is 6.20 Å². The zero-order valence-electron chi connectivity index (χ0n) is 9.27. The van der Waals surface area contributed by atoms with Gasteiger partial charge in [-0.3, -0.25) is 0 Å². The molecule has 2 aromatic rings. The number of ether oxygens (including phenoxy) is 1. The first-order valence-corrected chi connectivity index (χ1v) is 4.92. The molecule has 0 aliphatic rings. The average molecular weight is 262 g/mol. The van der Waals surface area contributed by atoms with Gasteiger partial charge in [0, 0.05) is 7.11 Å². The van der Waals surface area contributed by atoms with Crippen molar-refractivity contribution < 1.29 is 23.0 Å². The van der Waals surface area contributed by atoms with Gasteiger partial charge in [0.15, 0.2) is 5.65 Å². The number of halogens is 3. The van der Waals surface area contributed by atoms with E-state index in [1.165, 1.54) is 18.0 Å². The van der Waals surface area contributed by atoms with Crippen LogP contribution in [0.2, 0.25) is 0 Å². The van der Waals surface area contributed by atoms with Crippen LogP contribution in [0.1, 0.15) is 5.82 Å². The van der Waals surface area contributed by atoms with Crippen LogP contribution in [-0.4, -0.2) is 38.6 Å². The molecule has 0 atom stereocenters. The molecule has 0 saturated heterocycles. The fourth-order valence-corrected chi connectivity index (χ4v) is 1.41. The Hall–Kier alpha value is -1.90. The highest BCUT2D eigenvalue weighted by atomic mass is 19.4. The van der Waals surface area contributed by atoms with Gasteiger partial charge in [-0.15, -0.1) is 0 Å². The SMILES string of the molecule is COCCn1ncc2c(O)nc(C(F)(F)F)nc21. The molecule has 9 heteroatoms. The number of nitrogens with zero attached hydrogens (tertiary/aromatic N) is 4. The maximum Gasteiger partial charge on any atom is 0.451 e. The zero-order chi connectivity index (χ0) is 13.3. The van der Waals surface area contributed by atoms with Gasteiger partial charge < -0.3 is 9.84 Å². The minimum absolute atomic E-state index is 0.0686. The Balaban J connectivity index is 2.54. The summed E-state index contributed by atoms with van der Waals surface area (Å²) in [6.07, 6.45) is -3.51. The van der Waals surface area contributed by atoms with Gasteiger partial charge in [0.1, 0.15) is 5.39 Å². The lowest BCUT2D eigenvalue weighted by molar-refractivity contribution is -0.145. The van der Waals surface area contributed by atoms with Gasteiger partial charge in [-0.2, -0.15) is 23.3 Å². The van der Waals surface area contributed by atoms with Crippen LogP contribution in [0.4, 0.5) is 13.2 Å². The molecule has 0 fully saturated rings. The first-order chi connectivity index (χ1) is 8.43. The predicted molar refractivity (Wildman–Crippen MR) is 53.9 cm³/mol. The van der Waals surface area contributed by atoms with E-state index in [2.05, 4.69) is 15.1 Å². The number of alkyl halides is 3. The maximum absolute atomic E-state index is 12.5. The highest BCUT2D eigenvalue weighted by Crippen LogP contribution is 2.30. The highest BCUT2D eigenvalue weighted by Gasteiger charge is 2.36. The number of fused-ring (bicyclic) bond motifs is 1. The lowest BCUT2D eigenvalue weighted by Gasteiger charge is -2.06. The fourth-order valence-electron chi connectivity index (χ4n) is 1.41. The number of methoxy groups -OCH3 is 1. The average Bonchev–Trinajstić information content (AvgIpc) is 2.69. The molecule has 0 radical (unpaired) electrons. The summed E-state index contributed by atoms with van der Waals surface area (Å²) in [5, 5.41) is 13.3. The van der Waals surface area contributed by atoms with Gasteiger partial charge in [0.25, 0.3) is 0 Å². The number of aromatic hydroxyl groups is 1. The molecular weight excluding hydrogens is 253 g/mol. The number of hydrogen-bond acceptors (Lipinski definition) is 5. The predicted octanol–water partition coefficient (Wildman–Crippen LogP) is 1.20. The third-order valence-electron chi connectivity index (χ3n) is 2.24. The minimum Gasteiger partial charge on any atom is -0.493 e. The van der Waals surface area contributed by atoms with Gasteiger partial charge in [0.2, 0.25) is 11.7 Å². The van der Waals surface area contributed by atoms with E-state index in [0.717, 1.165) is 0 Å². The molecule has 1 N–H and O–H groups in total. The molecule has 2 heterocycles. The van der Waals surface area contributed by atoms with Crippen LogP contribution < -0.4 is 0 Å². The van der Waals surface area contributed by atoms with Crippen molar-refractivity contribution in [2.45, 2.75) is 12.7 Å². The molecule has 0 bridgehead atoms. The van der Waals surface area contributed by atoms with Crippen molar-refractivity contribution in [2.75, 3.05) is 13.7 Å². The molecule has 18 heavy (non-hydrogen) atoms. The van der Waals surface area contributed by atoms with Crippen molar-refractivity contribution in [3.8, 4) is 5.88 Å². The van der Waals surface area contributed by atoms with E-state index < -0.39 is 17.9 Å². The van der Waals surface area contributed by atoms with E-state index in [1.807, 2.05) is 0 Å². The third kappa shape index (κ3) is 2.21. The molecule has 98 valence electrons. The van der Waals surface area contributed by atoms with Crippen molar-refractivity contribution in [1.82, 2.24) is 19.7 Å². The van der Waals surface area contributed by atoms with Crippen LogP contribution in [0.5, 0.6) is 5.88 Å². The largest absolute Gasteiger partial charge is 0.493 e. The van der Waals surface area contributed by atoms with Crippen LogP contribution in [0.3, 0.4) is 0 Å². The smallest absolute Gasteiger partial charge is 0.451 e. The Morgan fingerprint density at radius 1 is 1.39 bits per heavy atom. The third-order valence-corrected chi connectivity index (χ3v) is 2.24. The second-order valence-corrected chi connectivity index (χ2v) is 3.47. The quantitative estimate of drug-likeness (QED) is 0.899. The molecule has 0 aliphatic carbocycles. The van der Waals surface area contributed by atoms with Crippen molar-refractivity contribution in [3.63, 3.8) is 0 Å². The first-order valence-electron chi connectivity index (χ1n) is 4.92. The van der Waals surface area contributed by atoms with E-state index in [1.54, 1.807) is 0 Å². The summed E-state index contributed by atoms with van der Waals surface area (Å²) in [4.78, 5) is 6.37. The van der Waals surface area contributed by atoms with Crippen molar-refractivity contribution in [1.29, 1.82) is 0 Å². The summed E-state index contributed by atoms with van der Waals surface area (Å²) in [7, 11) is 1.46. The standard InChI is InChI=1S/C9H9F3N4O2/c1-18-3-2-16-6-5(4-13-16)7(17)15-8(14-6)9(10,11)12/h4H,2-3H2,1H3,(H,14,15,17). The van der Waals surface area contributed by atoms with Gasteiger partial charge in [0.05, 0.1) is 19.3 Å². The fraction of sp³-hybridized carbons (Fsp3) is 0.444. The van der Waals surface area contributed by atoms with Gasteiger partial charge in [-0.1, -0.05) is 0 Å². The van der Waals surface area contributed by atoms with Gasteiger partial charge in [-0.05, 0) is 0 Å². The molecule has 0 amide bonds. The lowest BCUT2D eigenvalue weighted by atomic mass is 10.4. The van der Waals surface area contributed by atoms with Crippen LogP contribution >= 0.6 is 0 Å². The van der Waals surface area contributed by atoms with Crippen molar-refractivity contribution >= 4 is 11.0 Å². The summed E-state index contributed by atoms with van der Waals surface area (Å²) in [5.41, 5.74) is -0.0770. The van der Waals surface area contributed by atoms with Crippen LogP contribution in [0.25, 0.3) is 11.0 Å². The Morgan fingerprint density at radius 3 is 2.72 bits per heavy atom. The number of aromatic nitrogens is 4. The van der Waals surface area contributed by atoms with Gasteiger partial charge in [-0.25, -0.2) is 9.67 Å². The van der Waals surface area contributed by atoms with E-state index >= 15 is 0 Å². The van der Waals surface area contributed by atoms with Crippen LogP contribution in [-0.2, 0) is 17.5 Å². The Kier molecular flexibility index (Phi) is 3.07. The van der Waals surface area contributed by atoms with E-state index in [9.17, 15) is 18.3 Å². The topological polar surface area (TPSA) is 73.1 Å². The molecule has 0 aliphatic heterocycles. The molecule has 0 spiro atoms.